The molecule has 0 unspecified atom stereocenters. The molecule has 3 aromatic heterocycles. The van der Waals surface area contributed by atoms with E-state index in [0.29, 0.717) is 0 Å². The molecular formula is C18H20N6O. The molecule has 3 heterocycles. The average Bonchev–Trinajstić information content (AvgIpc) is 3.23. The molecule has 4 rings (SSSR count). The Morgan fingerprint density at radius 1 is 1.24 bits per heavy atom. The number of pyridine rings is 1. The average molecular weight is 336 g/mol. The highest BCUT2D eigenvalue weighted by atomic mass is 16.3. The summed E-state index contributed by atoms with van der Waals surface area (Å²) in [5, 5.41) is 13.4. The number of H-pyrrole nitrogens is 2. The molecule has 7 heteroatoms. The first kappa shape index (κ1) is 15.6. The summed E-state index contributed by atoms with van der Waals surface area (Å²) in [6, 6.07) is 9.52. The predicted molar refractivity (Wildman–Crippen MR) is 99.5 cm³/mol. The molecule has 0 radical (unpaired) electrons. The lowest BCUT2D eigenvalue weighted by atomic mass is 10.0. The standard InChI is InChI=1S/C18H20N6O/c1-9-21-15-12-7-14(11-5-3-4-10(6-11)13(19)8-25)23-17(12)24-18(20-2)16(15)22-9/h3-7,13,25H,8,19H2,1-2H3,(H,21,22)(H2,20,23,24)/t13-/m1/s1. The van der Waals surface area contributed by atoms with Gasteiger partial charge in [0.25, 0.3) is 0 Å². The summed E-state index contributed by atoms with van der Waals surface area (Å²) >= 11 is 0. The van der Waals surface area contributed by atoms with Crippen LogP contribution in [0.4, 0.5) is 5.82 Å². The summed E-state index contributed by atoms with van der Waals surface area (Å²) in [5.41, 5.74) is 11.3. The number of rotatable bonds is 4. The van der Waals surface area contributed by atoms with Gasteiger partial charge in [-0.05, 0) is 30.2 Å². The molecule has 0 aliphatic rings. The van der Waals surface area contributed by atoms with E-state index in [9.17, 15) is 5.11 Å². The van der Waals surface area contributed by atoms with E-state index in [4.69, 9.17) is 5.73 Å². The van der Waals surface area contributed by atoms with Crippen molar-refractivity contribution < 1.29 is 5.11 Å². The minimum Gasteiger partial charge on any atom is -0.394 e. The number of nitrogens with two attached hydrogens (primary N) is 1. The van der Waals surface area contributed by atoms with Crippen molar-refractivity contribution in [2.45, 2.75) is 13.0 Å². The van der Waals surface area contributed by atoms with Crippen molar-refractivity contribution >= 4 is 27.9 Å². The van der Waals surface area contributed by atoms with E-state index in [-0.39, 0.29) is 12.6 Å². The smallest absolute Gasteiger partial charge is 0.156 e. The van der Waals surface area contributed by atoms with Crippen LogP contribution in [0, 0.1) is 6.92 Å². The van der Waals surface area contributed by atoms with Crippen LogP contribution < -0.4 is 11.1 Å². The predicted octanol–water partition coefficient (Wildman–Crippen LogP) is 2.45. The molecule has 0 aliphatic carbocycles. The second-order valence-corrected chi connectivity index (χ2v) is 6.12. The van der Waals surface area contributed by atoms with E-state index in [1.807, 2.05) is 38.2 Å². The number of aromatic amines is 2. The third-order valence-electron chi connectivity index (χ3n) is 4.40. The maximum atomic E-state index is 9.28. The van der Waals surface area contributed by atoms with Crippen LogP contribution in [-0.4, -0.2) is 38.7 Å². The largest absolute Gasteiger partial charge is 0.394 e. The van der Waals surface area contributed by atoms with E-state index in [1.165, 1.54) is 0 Å². The Labute approximate surface area is 144 Å². The SMILES string of the molecule is CNc1nc2[nH]c(-c3cccc([C@H](N)CO)c3)cc2c2[nH]c(C)nc12. The number of aliphatic hydroxyl groups excluding tert-OH is 1. The third kappa shape index (κ3) is 2.54. The monoisotopic (exact) mass is 336 g/mol. The van der Waals surface area contributed by atoms with Crippen molar-refractivity contribution in [3.05, 3.63) is 41.7 Å². The molecule has 7 nitrogen and oxygen atoms in total. The quantitative estimate of drug-likeness (QED) is 0.392. The number of aryl methyl sites for hydroxylation is 1. The summed E-state index contributed by atoms with van der Waals surface area (Å²) in [6.45, 7) is 1.84. The van der Waals surface area contributed by atoms with Crippen LogP contribution in [0.2, 0.25) is 0 Å². The minimum atomic E-state index is -0.389. The lowest BCUT2D eigenvalue weighted by Gasteiger charge is -2.09. The van der Waals surface area contributed by atoms with Crippen molar-refractivity contribution in [3.8, 4) is 11.3 Å². The Kier molecular flexibility index (Phi) is 3.67. The topological polar surface area (TPSA) is 116 Å². The van der Waals surface area contributed by atoms with E-state index < -0.39 is 0 Å². The maximum absolute atomic E-state index is 9.28. The van der Waals surface area contributed by atoms with Crippen LogP contribution in [0.25, 0.3) is 33.3 Å². The van der Waals surface area contributed by atoms with Crippen molar-refractivity contribution in [1.82, 2.24) is 19.9 Å². The number of hydrogen-bond donors (Lipinski definition) is 5. The molecule has 1 atom stereocenters. The molecule has 4 aromatic rings. The van der Waals surface area contributed by atoms with Gasteiger partial charge in [-0.3, -0.25) is 0 Å². The Morgan fingerprint density at radius 2 is 2.08 bits per heavy atom. The van der Waals surface area contributed by atoms with Gasteiger partial charge in [0.2, 0.25) is 0 Å². The number of aliphatic hydroxyl groups is 1. The van der Waals surface area contributed by atoms with Gasteiger partial charge in [0.05, 0.1) is 18.2 Å². The van der Waals surface area contributed by atoms with Crippen LogP contribution >= 0.6 is 0 Å². The first-order valence-electron chi connectivity index (χ1n) is 8.14. The van der Waals surface area contributed by atoms with E-state index in [0.717, 1.165) is 50.5 Å². The van der Waals surface area contributed by atoms with Gasteiger partial charge in [0.1, 0.15) is 17.0 Å². The van der Waals surface area contributed by atoms with Gasteiger partial charge < -0.3 is 26.1 Å². The zero-order valence-corrected chi connectivity index (χ0v) is 14.1. The van der Waals surface area contributed by atoms with Crippen LogP contribution in [0.5, 0.6) is 0 Å². The zero-order chi connectivity index (χ0) is 17.6. The Morgan fingerprint density at radius 3 is 2.84 bits per heavy atom. The van der Waals surface area contributed by atoms with Crippen molar-refractivity contribution in [3.63, 3.8) is 0 Å². The van der Waals surface area contributed by atoms with Gasteiger partial charge >= 0.3 is 0 Å². The van der Waals surface area contributed by atoms with Crippen LogP contribution in [0.1, 0.15) is 17.4 Å². The van der Waals surface area contributed by atoms with Crippen molar-refractivity contribution in [1.29, 1.82) is 0 Å². The van der Waals surface area contributed by atoms with Crippen molar-refractivity contribution in [2.24, 2.45) is 5.73 Å². The van der Waals surface area contributed by atoms with Crippen molar-refractivity contribution in [2.75, 3.05) is 19.0 Å². The first-order chi connectivity index (χ1) is 12.1. The number of hydrogen-bond acceptors (Lipinski definition) is 5. The Bertz CT molecular complexity index is 1060. The number of anilines is 1. The fraction of sp³-hybridized carbons (Fsp3) is 0.222. The number of aromatic nitrogens is 4. The second-order valence-electron chi connectivity index (χ2n) is 6.12. The fourth-order valence-corrected chi connectivity index (χ4v) is 3.12. The van der Waals surface area contributed by atoms with Gasteiger partial charge in [-0.1, -0.05) is 18.2 Å². The molecule has 0 fully saturated rings. The normalized spacial score (nSPS) is 12.8. The summed E-state index contributed by atoms with van der Waals surface area (Å²) in [6.07, 6.45) is 0. The molecule has 0 saturated heterocycles. The van der Waals surface area contributed by atoms with Gasteiger partial charge in [0, 0.05) is 18.1 Å². The van der Waals surface area contributed by atoms with E-state index in [2.05, 4.69) is 31.3 Å². The number of benzene rings is 1. The lowest BCUT2D eigenvalue weighted by Crippen LogP contribution is -2.14. The number of fused-ring (bicyclic) bond motifs is 3. The highest BCUT2D eigenvalue weighted by molar-refractivity contribution is 6.07. The second kappa shape index (κ2) is 5.87. The minimum absolute atomic E-state index is 0.0860. The maximum Gasteiger partial charge on any atom is 0.156 e. The van der Waals surface area contributed by atoms with Crippen LogP contribution in [0.3, 0.4) is 0 Å². The van der Waals surface area contributed by atoms with E-state index in [1.54, 1.807) is 0 Å². The molecule has 0 spiro atoms. The van der Waals surface area contributed by atoms with Crippen LogP contribution in [-0.2, 0) is 0 Å². The van der Waals surface area contributed by atoms with E-state index >= 15 is 0 Å². The summed E-state index contributed by atoms with van der Waals surface area (Å²) in [7, 11) is 1.83. The molecule has 128 valence electrons. The molecule has 0 bridgehead atoms. The third-order valence-corrected chi connectivity index (χ3v) is 4.40. The van der Waals surface area contributed by atoms with Gasteiger partial charge in [-0.2, -0.15) is 0 Å². The van der Waals surface area contributed by atoms with Crippen LogP contribution in [0.15, 0.2) is 30.3 Å². The number of nitrogens with one attached hydrogen (secondary N) is 3. The lowest BCUT2D eigenvalue weighted by molar-refractivity contribution is 0.268. The summed E-state index contributed by atoms with van der Waals surface area (Å²) in [5.74, 6) is 1.58. The first-order valence-corrected chi connectivity index (χ1v) is 8.14. The highest BCUT2D eigenvalue weighted by Crippen LogP contribution is 2.31. The van der Waals surface area contributed by atoms with Gasteiger partial charge in [0.15, 0.2) is 5.82 Å². The molecule has 25 heavy (non-hydrogen) atoms. The molecular weight excluding hydrogens is 316 g/mol. The van der Waals surface area contributed by atoms with Gasteiger partial charge in [-0.15, -0.1) is 0 Å². The highest BCUT2D eigenvalue weighted by Gasteiger charge is 2.15. The summed E-state index contributed by atoms with van der Waals surface area (Å²) < 4.78 is 0. The van der Waals surface area contributed by atoms with Gasteiger partial charge in [-0.25, -0.2) is 9.97 Å². The molecule has 0 aliphatic heterocycles. The Hall–Kier alpha value is -2.90. The number of imidazole rings is 1. The molecule has 0 amide bonds. The number of nitrogens with zero attached hydrogens (tertiary/aromatic N) is 2. The molecule has 6 N–H and O–H groups in total. The zero-order valence-electron chi connectivity index (χ0n) is 14.1. The summed E-state index contributed by atoms with van der Waals surface area (Å²) in [4.78, 5) is 15.9. The molecule has 1 aromatic carbocycles. The fourth-order valence-electron chi connectivity index (χ4n) is 3.12. The Balaban J connectivity index is 1.91. The molecule has 0 saturated carbocycles.